The average Bonchev–Trinajstić information content (AvgIpc) is 2.38. The van der Waals surface area contributed by atoms with Crippen LogP contribution in [0.1, 0.15) is 24.0 Å². The number of benzene rings is 1. The van der Waals surface area contributed by atoms with E-state index in [0.717, 1.165) is 25.1 Å². The summed E-state index contributed by atoms with van der Waals surface area (Å²) in [4.78, 5) is 0. The number of ether oxygens (including phenoxy) is 1. The summed E-state index contributed by atoms with van der Waals surface area (Å²) in [5, 5.41) is 13.5. The van der Waals surface area contributed by atoms with Crippen LogP contribution >= 0.6 is 0 Å². The van der Waals surface area contributed by atoms with Gasteiger partial charge in [0.15, 0.2) is 0 Å². The van der Waals surface area contributed by atoms with Crippen molar-refractivity contribution in [2.45, 2.75) is 31.0 Å². The largest absolute Gasteiger partial charge is 0.496 e. The maximum Gasteiger partial charge on any atom is 0.416 e. The Labute approximate surface area is 115 Å². The normalized spacial score (nSPS) is 23.6. The topological polar surface area (TPSA) is 41.5 Å². The van der Waals surface area contributed by atoms with Crippen LogP contribution in [0.25, 0.3) is 0 Å². The van der Waals surface area contributed by atoms with Crippen molar-refractivity contribution in [3.05, 3.63) is 29.3 Å². The Morgan fingerprint density at radius 2 is 2.15 bits per heavy atom. The number of alkyl halides is 3. The van der Waals surface area contributed by atoms with E-state index >= 15 is 0 Å². The van der Waals surface area contributed by atoms with E-state index in [1.54, 1.807) is 0 Å². The molecule has 1 heterocycles. The fourth-order valence-electron chi connectivity index (χ4n) is 2.55. The maximum absolute atomic E-state index is 12.8. The van der Waals surface area contributed by atoms with Crippen molar-refractivity contribution in [1.29, 1.82) is 0 Å². The molecule has 1 aliphatic heterocycles. The molecule has 1 aliphatic rings. The van der Waals surface area contributed by atoms with Gasteiger partial charge in [-0.2, -0.15) is 13.2 Å². The molecule has 2 N–H and O–H groups in total. The van der Waals surface area contributed by atoms with E-state index in [2.05, 4.69) is 5.32 Å². The predicted molar refractivity (Wildman–Crippen MR) is 68.8 cm³/mol. The number of hydrogen-bond acceptors (Lipinski definition) is 3. The van der Waals surface area contributed by atoms with E-state index in [1.165, 1.54) is 13.2 Å². The highest BCUT2D eigenvalue weighted by Gasteiger charge is 2.34. The first-order valence-corrected chi connectivity index (χ1v) is 6.51. The Kier molecular flexibility index (Phi) is 4.25. The highest BCUT2D eigenvalue weighted by Crippen LogP contribution is 2.34. The molecule has 0 aromatic heterocycles. The Morgan fingerprint density at radius 3 is 2.70 bits per heavy atom. The summed E-state index contributed by atoms with van der Waals surface area (Å²) in [6, 6.07) is 3.36. The highest BCUT2D eigenvalue weighted by molar-refractivity contribution is 5.39. The Bertz CT molecular complexity index is 468. The summed E-state index contributed by atoms with van der Waals surface area (Å²) in [6.07, 6.45) is -2.88. The quantitative estimate of drug-likeness (QED) is 0.897. The first-order valence-electron chi connectivity index (χ1n) is 6.51. The van der Waals surface area contributed by atoms with Crippen molar-refractivity contribution in [3.63, 3.8) is 0 Å². The van der Waals surface area contributed by atoms with Crippen LogP contribution in [0.15, 0.2) is 18.2 Å². The van der Waals surface area contributed by atoms with E-state index < -0.39 is 17.3 Å². The summed E-state index contributed by atoms with van der Waals surface area (Å²) < 4.78 is 43.4. The van der Waals surface area contributed by atoms with Crippen LogP contribution in [0, 0.1) is 0 Å². The van der Waals surface area contributed by atoms with E-state index in [1.807, 2.05) is 0 Å². The van der Waals surface area contributed by atoms with Crippen molar-refractivity contribution in [1.82, 2.24) is 5.32 Å². The molecule has 1 aromatic rings. The second kappa shape index (κ2) is 5.61. The number of hydrogen-bond donors (Lipinski definition) is 2. The fourth-order valence-corrected chi connectivity index (χ4v) is 2.55. The molecule has 20 heavy (non-hydrogen) atoms. The van der Waals surface area contributed by atoms with Gasteiger partial charge < -0.3 is 15.2 Å². The van der Waals surface area contributed by atoms with Gasteiger partial charge in [-0.15, -0.1) is 0 Å². The molecule has 3 nitrogen and oxygen atoms in total. The summed E-state index contributed by atoms with van der Waals surface area (Å²) in [5.41, 5.74) is -1.36. The number of rotatable bonds is 3. The van der Waals surface area contributed by atoms with Crippen LogP contribution in [-0.2, 0) is 12.6 Å². The molecular weight excluding hydrogens is 271 g/mol. The first-order chi connectivity index (χ1) is 9.34. The summed E-state index contributed by atoms with van der Waals surface area (Å²) >= 11 is 0. The standard InChI is InChI=1S/C14H18F3NO2/c1-20-12-4-3-11(14(15,16)17)7-10(12)8-13(19)5-2-6-18-9-13/h3-4,7,18-19H,2,5-6,8-9H2,1H3. The SMILES string of the molecule is COc1ccc(C(F)(F)F)cc1CC1(O)CCCNC1. The van der Waals surface area contributed by atoms with Crippen molar-refractivity contribution < 1.29 is 23.0 Å². The number of β-amino-alcohol motifs (C(OH)–C–C–N with tert-alkyl or cyclic N) is 1. The van der Waals surface area contributed by atoms with Crippen molar-refractivity contribution >= 4 is 0 Å². The molecule has 0 spiro atoms. The number of nitrogens with one attached hydrogen (secondary N) is 1. The Hall–Kier alpha value is -1.27. The first kappa shape index (κ1) is 15.1. The van der Waals surface area contributed by atoms with Crippen molar-refractivity contribution in [3.8, 4) is 5.75 Å². The molecule has 0 aliphatic carbocycles. The van der Waals surface area contributed by atoms with Crippen molar-refractivity contribution in [2.24, 2.45) is 0 Å². The third-order valence-corrected chi connectivity index (χ3v) is 3.58. The second-order valence-corrected chi connectivity index (χ2v) is 5.21. The lowest BCUT2D eigenvalue weighted by atomic mass is 9.87. The molecule has 112 valence electrons. The second-order valence-electron chi connectivity index (χ2n) is 5.21. The minimum absolute atomic E-state index is 0.146. The maximum atomic E-state index is 12.8. The van der Waals surface area contributed by atoms with Crippen LogP contribution in [0.4, 0.5) is 13.2 Å². The third kappa shape index (κ3) is 3.43. The molecule has 1 fully saturated rings. The van der Waals surface area contributed by atoms with E-state index in [-0.39, 0.29) is 6.42 Å². The van der Waals surface area contributed by atoms with Gasteiger partial charge in [0.1, 0.15) is 5.75 Å². The predicted octanol–water partition coefficient (Wildman–Crippen LogP) is 2.37. The number of piperidine rings is 1. The highest BCUT2D eigenvalue weighted by atomic mass is 19.4. The van der Waals surface area contributed by atoms with Crippen LogP contribution in [0.2, 0.25) is 0 Å². The van der Waals surface area contributed by atoms with Crippen LogP contribution < -0.4 is 10.1 Å². The van der Waals surface area contributed by atoms with Gasteiger partial charge in [0, 0.05) is 13.0 Å². The molecule has 1 atom stereocenters. The molecule has 2 rings (SSSR count). The zero-order valence-electron chi connectivity index (χ0n) is 11.3. The summed E-state index contributed by atoms with van der Waals surface area (Å²) in [6.45, 7) is 1.20. The molecule has 1 aromatic carbocycles. The number of aliphatic hydroxyl groups is 1. The summed E-state index contributed by atoms with van der Waals surface area (Å²) in [5.74, 6) is 0.372. The molecule has 0 bridgehead atoms. The van der Waals surface area contributed by atoms with Crippen LogP contribution in [-0.4, -0.2) is 30.9 Å². The smallest absolute Gasteiger partial charge is 0.416 e. The third-order valence-electron chi connectivity index (χ3n) is 3.58. The van der Waals surface area contributed by atoms with Gasteiger partial charge in [0.2, 0.25) is 0 Å². The molecule has 1 saturated heterocycles. The summed E-state index contributed by atoms with van der Waals surface area (Å²) in [7, 11) is 1.41. The molecule has 1 unspecified atom stereocenters. The molecule has 0 radical (unpaired) electrons. The van der Waals surface area contributed by atoms with Gasteiger partial charge in [0.05, 0.1) is 18.3 Å². The van der Waals surface area contributed by atoms with Gasteiger partial charge >= 0.3 is 6.18 Å². The Balaban J connectivity index is 2.28. The van der Waals surface area contributed by atoms with Gasteiger partial charge in [-0.3, -0.25) is 0 Å². The molecular formula is C14H18F3NO2. The zero-order chi connectivity index (χ0) is 14.8. The lowest BCUT2D eigenvalue weighted by molar-refractivity contribution is -0.137. The average molecular weight is 289 g/mol. The number of halogens is 3. The zero-order valence-corrected chi connectivity index (χ0v) is 11.3. The van der Waals surface area contributed by atoms with E-state index in [0.29, 0.717) is 24.3 Å². The van der Waals surface area contributed by atoms with Gasteiger partial charge in [-0.25, -0.2) is 0 Å². The lowest BCUT2D eigenvalue weighted by Crippen LogP contribution is -2.47. The monoisotopic (exact) mass is 289 g/mol. The Morgan fingerprint density at radius 1 is 1.40 bits per heavy atom. The van der Waals surface area contributed by atoms with Gasteiger partial charge in [0.25, 0.3) is 0 Å². The van der Waals surface area contributed by atoms with Crippen LogP contribution in [0.5, 0.6) is 5.75 Å². The number of methoxy groups -OCH3 is 1. The van der Waals surface area contributed by atoms with E-state index in [4.69, 9.17) is 4.74 Å². The van der Waals surface area contributed by atoms with Gasteiger partial charge in [-0.1, -0.05) is 0 Å². The van der Waals surface area contributed by atoms with Crippen LogP contribution in [0.3, 0.4) is 0 Å². The molecule has 6 heteroatoms. The minimum atomic E-state index is -4.39. The lowest BCUT2D eigenvalue weighted by Gasteiger charge is -2.33. The molecule has 0 saturated carbocycles. The minimum Gasteiger partial charge on any atom is -0.496 e. The fraction of sp³-hybridized carbons (Fsp3) is 0.571. The van der Waals surface area contributed by atoms with Crippen molar-refractivity contribution in [2.75, 3.05) is 20.2 Å². The molecule has 0 amide bonds. The van der Waals surface area contributed by atoms with Gasteiger partial charge in [-0.05, 0) is 43.1 Å². The van der Waals surface area contributed by atoms with E-state index in [9.17, 15) is 18.3 Å².